The van der Waals surface area contributed by atoms with Gasteiger partial charge in [0.2, 0.25) is 0 Å². The van der Waals surface area contributed by atoms with Crippen LogP contribution in [0, 0.1) is 0 Å². The molecular weight excluding hydrogens is 716 g/mol. The van der Waals surface area contributed by atoms with Gasteiger partial charge in [-0.2, -0.15) is 0 Å². The Hall–Kier alpha value is 7.38. The van der Waals surface area contributed by atoms with E-state index in [0.717, 1.165) is 0 Å². The Morgan fingerprint density at radius 1 is 0.364 bits per heavy atom. The molecule has 0 aliphatic heterocycles. The second-order valence-electron chi connectivity index (χ2n) is 0. The molecule has 0 aliphatic rings. The van der Waals surface area contributed by atoms with E-state index >= 15 is 0 Å². The van der Waals surface area contributed by atoms with E-state index in [1.807, 2.05) is 0 Å². The van der Waals surface area contributed by atoms with E-state index in [0.29, 0.717) is 0 Å². The molecule has 0 aliphatic carbocycles. The van der Waals surface area contributed by atoms with Gasteiger partial charge in [-0.15, -0.1) is 0 Å². The van der Waals surface area contributed by atoms with Gasteiger partial charge in [-0.3, -0.25) is 0 Å². The van der Waals surface area contributed by atoms with E-state index in [9.17, 15) is 0 Å². The van der Waals surface area contributed by atoms with Crippen LogP contribution in [-0.2, 0) is 72.1 Å². The van der Waals surface area contributed by atoms with E-state index in [-0.39, 0.29) is 261 Å². The summed E-state index contributed by atoms with van der Waals surface area (Å²) in [5.74, 6) is 0. The molecule has 11 heteroatoms. The van der Waals surface area contributed by atoms with Crippen LogP contribution in [0.1, 0.15) is 0 Å². The molecule has 0 fully saturated rings. The number of hydrogen-bond donors (Lipinski definition) is 0. The molecule has 0 unspecified atom stereocenters. The van der Waals surface area contributed by atoms with E-state index < -0.39 is 0 Å². The molecule has 0 saturated carbocycles. The molecule has 56 valence electrons. The number of hydrogen-bond acceptors (Lipinski definition) is 0. The van der Waals surface area contributed by atoms with Crippen LogP contribution in [0.4, 0.5) is 0 Å². The minimum atomic E-state index is 0. The third-order valence-corrected chi connectivity index (χ3v) is 0. The summed E-state index contributed by atoms with van der Waals surface area (Å²) in [5, 5.41) is 0. The zero-order chi connectivity index (χ0) is 0. The fourth-order valence-corrected chi connectivity index (χ4v) is 0. The molecule has 0 amide bonds. The normalized spacial score (nSPS) is 0. The predicted molar refractivity (Wildman–Crippen MR) is 37.6 cm³/mol. The molecule has 0 heterocycles. The molecule has 0 aromatic carbocycles. The summed E-state index contributed by atoms with van der Waals surface area (Å²) in [4.78, 5) is 0. The molecule has 5 nitrogen and oxygen atoms in total. The van der Waals surface area contributed by atoms with Crippen LogP contribution < -0.4 is 0 Å². The second-order valence-corrected chi connectivity index (χ2v) is 0. The molecule has 0 bridgehead atoms. The van der Waals surface area contributed by atoms with Gasteiger partial charge >= 0.3 is 233 Å². The van der Waals surface area contributed by atoms with E-state index in [1.165, 1.54) is 0 Å². The van der Waals surface area contributed by atoms with Crippen molar-refractivity contribution < 1.29 is 72.1 Å². The van der Waals surface area contributed by atoms with Crippen molar-refractivity contribution in [2.24, 2.45) is 0 Å². The second kappa shape index (κ2) is 85.6. The first-order valence-electron chi connectivity index (χ1n) is 0. The van der Waals surface area contributed by atoms with Crippen molar-refractivity contribution in [3.8, 4) is 0 Å². The van der Waals surface area contributed by atoms with Crippen molar-refractivity contribution in [2.45, 2.75) is 0 Å². The van der Waals surface area contributed by atoms with Gasteiger partial charge in [0.1, 0.15) is 0 Å². The van der Waals surface area contributed by atoms with Crippen molar-refractivity contribution >= 4 is 189 Å². The first-order chi connectivity index (χ1) is 0. The standard InChI is InChI=1S/2Ba.2Nb.5O.2Sr.8H/q;;2*+5;5*-2;;;;;;;;;;. The Bertz CT molecular complexity index is 20.4. The van der Waals surface area contributed by atoms with Gasteiger partial charge in [0, 0.05) is 0 Å². The molecular formula is H8Ba2Nb2O5Sr2. The van der Waals surface area contributed by atoms with Crippen LogP contribution in [0.15, 0.2) is 0 Å². The molecule has 0 N–H and O–H groups in total. The monoisotopic (exact) mass is 725 g/mol. The minimum absolute atomic E-state index is 0. The maximum absolute atomic E-state index is 0. The summed E-state index contributed by atoms with van der Waals surface area (Å²) in [6.07, 6.45) is 0. The predicted octanol–water partition coefficient (Wildman–Crippen LogP) is -4.26. The number of rotatable bonds is 0. The van der Waals surface area contributed by atoms with Crippen LogP contribution in [0.25, 0.3) is 0 Å². The zero-order valence-electron chi connectivity index (χ0n) is 2.94. The maximum atomic E-state index is 0. The fraction of sp³-hybridized carbons (Fsp3) is 0. The van der Waals surface area contributed by atoms with Crippen molar-refractivity contribution in [1.82, 2.24) is 0 Å². The molecule has 0 aromatic heterocycles. The Morgan fingerprint density at radius 3 is 0.364 bits per heavy atom. The fourth-order valence-electron chi connectivity index (χ4n) is 0. The summed E-state index contributed by atoms with van der Waals surface area (Å²) in [7, 11) is 0. The summed E-state index contributed by atoms with van der Waals surface area (Å²) in [6, 6.07) is 0. The van der Waals surface area contributed by atoms with E-state index in [2.05, 4.69) is 0 Å². The van der Waals surface area contributed by atoms with Gasteiger partial charge < -0.3 is 27.4 Å². The Kier molecular flexibility index (Phi) is 793. The van der Waals surface area contributed by atoms with Crippen LogP contribution in [0.2, 0.25) is 0 Å². The zero-order valence-corrected chi connectivity index (χ0v) is 7.33. The first kappa shape index (κ1) is 102. The van der Waals surface area contributed by atoms with Crippen molar-refractivity contribution in [2.75, 3.05) is 0 Å². The SMILES string of the molecule is [BaH2].[BaH2].[Nb+5].[Nb+5].[O-2].[O-2].[O-2].[O-2].[O-2].[SrH2].[SrH2]. The van der Waals surface area contributed by atoms with Crippen molar-refractivity contribution in [3.05, 3.63) is 0 Å². The quantitative estimate of drug-likeness (QED) is 0.224. The van der Waals surface area contributed by atoms with Gasteiger partial charge in [-0.05, 0) is 0 Å². The third-order valence-electron chi connectivity index (χ3n) is 0. The topological polar surface area (TPSA) is 142 Å². The first-order valence-corrected chi connectivity index (χ1v) is 0. The van der Waals surface area contributed by atoms with Gasteiger partial charge in [0.15, 0.2) is 0 Å². The van der Waals surface area contributed by atoms with Gasteiger partial charge in [0.05, 0.1) is 0 Å². The third kappa shape index (κ3) is 75.5. The van der Waals surface area contributed by atoms with E-state index in [1.54, 1.807) is 0 Å². The van der Waals surface area contributed by atoms with Crippen LogP contribution in [0.3, 0.4) is 0 Å². The van der Waals surface area contributed by atoms with Gasteiger partial charge in [-0.25, -0.2) is 0 Å². The van der Waals surface area contributed by atoms with Crippen LogP contribution in [-0.4, -0.2) is 189 Å². The molecule has 0 rings (SSSR count). The van der Waals surface area contributed by atoms with Crippen molar-refractivity contribution in [3.63, 3.8) is 0 Å². The Morgan fingerprint density at radius 2 is 0.364 bits per heavy atom. The summed E-state index contributed by atoms with van der Waals surface area (Å²) in [6.45, 7) is 0. The Labute approximate surface area is 252 Å². The molecule has 0 aromatic rings. The van der Waals surface area contributed by atoms with E-state index in [4.69, 9.17) is 0 Å². The summed E-state index contributed by atoms with van der Waals surface area (Å²) in [5.41, 5.74) is 0. The Balaban J connectivity index is 0. The molecule has 0 saturated heterocycles. The van der Waals surface area contributed by atoms with Crippen LogP contribution in [0.5, 0.6) is 0 Å². The molecule has 0 spiro atoms. The average molecular weight is 724 g/mol. The van der Waals surface area contributed by atoms with Crippen LogP contribution >= 0.6 is 0 Å². The van der Waals surface area contributed by atoms with Gasteiger partial charge in [-0.1, -0.05) is 0 Å². The van der Waals surface area contributed by atoms with Gasteiger partial charge in [0.25, 0.3) is 0 Å². The molecule has 0 atom stereocenters. The molecule has 0 radical (unpaired) electrons. The average Bonchev–Trinajstić information content (AvgIpc) is 0. The summed E-state index contributed by atoms with van der Waals surface area (Å²) < 4.78 is 0. The van der Waals surface area contributed by atoms with Crippen molar-refractivity contribution in [1.29, 1.82) is 0 Å². The summed E-state index contributed by atoms with van der Waals surface area (Å²) >= 11 is 0. The molecule has 11 heavy (non-hydrogen) atoms.